The maximum absolute atomic E-state index is 12.0. The molecule has 1 heterocycles. The van der Waals surface area contributed by atoms with Crippen molar-refractivity contribution in [3.63, 3.8) is 0 Å². The number of rotatable bonds is 6. The van der Waals surface area contributed by atoms with E-state index in [9.17, 15) is 4.79 Å². The van der Waals surface area contributed by atoms with Gasteiger partial charge in [-0.25, -0.2) is 4.79 Å². The van der Waals surface area contributed by atoms with Crippen molar-refractivity contribution >= 4 is 17.4 Å². The molecule has 1 aliphatic rings. The smallest absolute Gasteiger partial charge is 0.319 e. The molecule has 5 heteroatoms. The Hall–Kier alpha value is -2.53. The van der Waals surface area contributed by atoms with Gasteiger partial charge in [0.15, 0.2) is 0 Å². The minimum atomic E-state index is -0.177. The summed E-state index contributed by atoms with van der Waals surface area (Å²) in [7, 11) is 1.76. The molecule has 2 amide bonds. The Balaban J connectivity index is 1.44. The van der Waals surface area contributed by atoms with Gasteiger partial charge < -0.3 is 20.3 Å². The number of hydrogen-bond donors (Lipinski definition) is 2. The average Bonchev–Trinajstić information content (AvgIpc) is 3.12. The molecule has 1 aliphatic heterocycles. The summed E-state index contributed by atoms with van der Waals surface area (Å²) in [6.07, 6.45) is 2.19. The number of nitrogens with zero attached hydrogens (tertiary/aromatic N) is 1. The van der Waals surface area contributed by atoms with E-state index in [-0.39, 0.29) is 6.03 Å². The van der Waals surface area contributed by atoms with Crippen molar-refractivity contribution in [2.75, 3.05) is 37.0 Å². The first-order valence-electron chi connectivity index (χ1n) is 8.71. The zero-order valence-electron chi connectivity index (χ0n) is 14.6. The summed E-state index contributed by atoms with van der Waals surface area (Å²) in [6.45, 7) is 2.54. The minimum Gasteiger partial charge on any atom is -0.380 e. The Morgan fingerprint density at radius 1 is 1.16 bits per heavy atom. The van der Waals surface area contributed by atoms with Gasteiger partial charge in [0.2, 0.25) is 0 Å². The molecule has 5 nitrogen and oxygen atoms in total. The molecule has 1 fully saturated rings. The van der Waals surface area contributed by atoms with Crippen LogP contribution in [0.5, 0.6) is 0 Å². The molecule has 0 aromatic heterocycles. The fraction of sp³-hybridized carbons (Fsp3) is 0.350. The van der Waals surface area contributed by atoms with Gasteiger partial charge in [-0.05, 0) is 42.7 Å². The second-order valence-corrected chi connectivity index (χ2v) is 6.26. The van der Waals surface area contributed by atoms with Gasteiger partial charge in [0.1, 0.15) is 0 Å². The summed E-state index contributed by atoms with van der Waals surface area (Å²) in [5.74, 6) is 0. The van der Waals surface area contributed by atoms with Crippen molar-refractivity contribution < 1.29 is 9.53 Å². The number of amides is 2. The van der Waals surface area contributed by atoms with Crippen LogP contribution >= 0.6 is 0 Å². The molecule has 1 saturated heterocycles. The van der Waals surface area contributed by atoms with E-state index in [4.69, 9.17) is 4.74 Å². The van der Waals surface area contributed by atoms with Crippen LogP contribution in [-0.2, 0) is 11.2 Å². The molecule has 1 unspecified atom stereocenters. The van der Waals surface area contributed by atoms with Gasteiger partial charge in [0, 0.05) is 38.1 Å². The Morgan fingerprint density at radius 2 is 1.92 bits per heavy atom. The number of benzene rings is 2. The summed E-state index contributed by atoms with van der Waals surface area (Å²) in [4.78, 5) is 14.3. The van der Waals surface area contributed by atoms with Crippen LogP contribution in [0.25, 0.3) is 0 Å². The van der Waals surface area contributed by atoms with Crippen LogP contribution in [0.3, 0.4) is 0 Å². The molecule has 2 N–H and O–H groups in total. The summed E-state index contributed by atoms with van der Waals surface area (Å²) in [5, 5.41) is 5.76. The van der Waals surface area contributed by atoms with Gasteiger partial charge in [-0.1, -0.05) is 30.3 Å². The lowest BCUT2D eigenvalue weighted by Gasteiger charge is -2.18. The average molecular weight is 339 g/mol. The van der Waals surface area contributed by atoms with Crippen molar-refractivity contribution in [1.29, 1.82) is 0 Å². The maximum Gasteiger partial charge on any atom is 0.319 e. The van der Waals surface area contributed by atoms with E-state index in [1.54, 1.807) is 7.11 Å². The molecule has 3 rings (SSSR count). The van der Waals surface area contributed by atoms with Gasteiger partial charge in [-0.15, -0.1) is 0 Å². The maximum atomic E-state index is 12.0. The molecular weight excluding hydrogens is 314 g/mol. The first-order chi connectivity index (χ1) is 12.2. The Kier molecular flexibility index (Phi) is 5.90. The molecule has 0 radical (unpaired) electrons. The van der Waals surface area contributed by atoms with E-state index >= 15 is 0 Å². The van der Waals surface area contributed by atoms with E-state index in [2.05, 4.69) is 27.7 Å². The zero-order chi connectivity index (χ0) is 17.5. The predicted octanol–water partition coefficient (Wildman–Crippen LogP) is 3.28. The van der Waals surface area contributed by atoms with Crippen LogP contribution in [-0.4, -0.2) is 38.9 Å². The predicted molar refractivity (Wildman–Crippen MR) is 101 cm³/mol. The first-order valence-corrected chi connectivity index (χ1v) is 8.71. The summed E-state index contributed by atoms with van der Waals surface area (Å²) >= 11 is 0. The highest BCUT2D eigenvalue weighted by molar-refractivity contribution is 5.89. The highest BCUT2D eigenvalue weighted by Crippen LogP contribution is 2.23. The Bertz CT molecular complexity index is 673. The third-order valence-electron chi connectivity index (χ3n) is 4.51. The molecule has 1 atom stereocenters. The fourth-order valence-electron chi connectivity index (χ4n) is 3.05. The normalized spacial score (nSPS) is 16.7. The van der Waals surface area contributed by atoms with Gasteiger partial charge in [0.05, 0.1) is 6.10 Å². The van der Waals surface area contributed by atoms with Crippen molar-refractivity contribution in [1.82, 2.24) is 5.32 Å². The first kappa shape index (κ1) is 17.3. The monoisotopic (exact) mass is 339 g/mol. The third kappa shape index (κ3) is 4.97. The van der Waals surface area contributed by atoms with Gasteiger partial charge in [-0.2, -0.15) is 0 Å². The van der Waals surface area contributed by atoms with Crippen molar-refractivity contribution in [2.45, 2.75) is 18.9 Å². The third-order valence-corrected chi connectivity index (χ3v) is 4.51. The molecule has 0 saturated carbocycles. The van der Waals surface area contributed by atoms with Crippen LogP contribution in [0.1, 0.15) is 12.0 Å². The number of carbonyl (C=O) groups excluding carboxylic acids is 1. The molecule has 2 aromatic rings. The van der Waals surface area contributed by atoms with E-state index < -0.39 is 0 Å². The topological polar surface area (TPSA) is 53.6 Å². The zero-order valence-corrected chi connectivity index (χ0v) is 14.6. The Morgan fingerprint density at radius 3 is 2.60 bits per heavy atom. The summed E-state index contributed by atoms with van der Waals surface area (Å²) in [5.41, 5.74) is 3.17. The molecule has 0 bridgehead atoms. The van der Waals surface area contributed by atoms with Gasteiger partial charge in [-0.3, -0.25) is 0 Å². The van der Waals surface area contributed by atoms with Crippen LogP contribution in [0, 0.1) is 0 Å². The molecule has 25 heavy (non-hydrogen) atoms. The largest absolute Gasteiger partial charge is 0.380 e. The lowest BCUT2D eigenvalue weighted by atomic mass is 10.1. The summed E-state index contributed by atoms with van der Waals surface area (Å²) < 4.78 is 5.40. The molecule has 132 valence electrons. The SMILES string of the molecule is COC1CCN(c2ccc(NC(=O)NCCc3ccccc3)cc2)C1. The van der Waals surface area contributed by atoms with Crippen molar-refractivity contribution in [3.05, 3.63) is 60.2 Å². The van der Waals surface area contributed by atoms with Crippen LogP contribution in [0.4, 0.5) is 16.2 Å². The quantitative estimate of drug-likeness (QED) is 0.849. The number of nitrogens with one attached hydrogen (secondary N) is 2. The second-order valence-electron chi connectivity index (χ2n) is 6.26. The molecule has 0 spiro atoms. The molecular formula is C20H25N3O2. The minimum absolute atomic E-state index is 0.177. The van der Waals surface area contributed by atoms with Crippen molar-refractivity contribution in [3.8, 4) is 0 Å². The second kappa shape index (κ2) is 8.53. The van der Waals surface area contributed by atoms with E-state index in [0.29, 0.717) is 12.6 Å². The summed E-state index contributed by atoms with van der Waals surface area (Å²) in [6, 6.07) is 17.9. The standard InChI is InChI=1S/C20H25N3O2/c1-25-19-12-14-23(15-19)18-9-7-17(8-10-18)22-20(24)21-13-11-16-5-3-2-4-6-16/h2-10,19H,11-15H2,1H3,(H2,21,22,24). The van der Waals surface area contributed by atoms with Crippen LogP contribution in [0.15, 0.2) is 54.6 Å². The number of urea groups is 1. The van der Waals surface area contributed by atoms with E-state index in [1.807, 2.05) is 42.5 Å². The van der Waals surface area contributed by atoms with Crippen molar-refractivity contribution in [2.24, 2.45) is 0 Å². The number of methoxy groups -OCH3 is 1. The highest BCUT2D eigenvalue weighted by atomic mass is 16.5. The van der Waals surface area contributed by atoms with Crippen LogP contribution < -0.4 is 15.5 Å². The van der Waals surface area contributed by atoms with Gasteiger partial charge >= 0.3 is 6.03 Å². The Labute approximate surface area is 149 Å². The number of hydrogen-bond acceptors (Lipinski definition) is 3. The van der Waals surface area contributed by atoms with Gasteiger partial charge in [0.25, 0.3) is 0 Å². The number of ether oxygens (including phenoxy) is 1. The van der Waals surface area contributed by atoms with E-state index in [1.165, 1.54) is 5.56 Å². The van der Waals surface area contributed by atoms with Crippen LogP contribution in [0.2, 0.25) is 0 Å². The lowest BCUT2D eigenvalue weighted by molar-refractivity contribution is 0.121. The molecule has 0 aliphatic carbocycles. The highest BCUT2D eigenvalue weighted by Gasteiger charge is 2.21. The number of anilines is 2. The fourth-order valence-corrected chi connectivity index (χ4v) is 3.05. The van der Waals surface area contributed by atoms with E-state index in [0.717, 1.165) is 37.3 Å². The molecule has 2 aromatic carbocycles. The number of carbonyl (C=O) groups is 1. The lowest BCUT2D eigenvalue weighted by Crippen LogP contribution is -2.30.